The number of hydrogen-bond donors (Lipinski definition) is 2. The fourth-order valence-electron chi connectivity index (χ4n) is 1.93. The smallest absolute Gasteiger partial charge is 0.142 e. The molecule has 3 N–H and O–H groups in total. The molecule has 0 aliphatic rings. The van der Waals surface area contributed by atoms with E-state index in [-0.39, 0.29) is 11.1 Å². The van der Waals surface area contributed by atoms with E-state index in [2.05, 4.69) is 28.0 Å². The third kappa shape index (κ3) is 3.62. The topological polar surface area (TPSA) is 38.0 Å². The first-order chi connectivity index (χ1) is 9.52. The molecule has 0 bridgehead atoms. The molecule has 1 atom stereocenters. The standard InChI is InChI=1S/C14H12Cl2FIN2/c15-10-6-8(4-5-12(10)18)13(20-19)7-9-2-1-3-11(17)14(9)16/h1-6,13,20H,7,19H2. The van der Waals surface area contributed by atoms with E-state index in [1.54, 1.807) is 12.1 Å². The first-order valence-electron chi connectivity index (χ1n) is 5.87. The van der Waals surface area contributed by atoms with Crippen LogP contribution in [-0.4, -0.2) is 0 Å². The van der Waals surface area contributed by atoms with Crippen molar-refractivity contribution in [1.29, 1.82) is 0 Å². The van der Waals surface area contributed by atoms with Gasteiger partial charge in [-0.05, 0) is 58.3 Å². The normalized spacial score (nSPS) is 12.4. The lowest BCUT2D eigenvalue weighted by Crippen LogP contribution is -2.29. The highest BCUT2D eigenvalue weighted by Gasteiger charge is 2.15. The molecule has 20 heavy (non-hydrogen) atoms. The lowest BCUT2D eigenvalue weighted by atomic mass is 9.99. The molecule has 106 valence electrons. The molecule has 2 aromatic carbocycles. The number of benzene rings is 2. The SMILES string of the molecule is NNC(Cc1cccc(F)c1Cl)c1ccc(I)c(Cl)c1. The van der Waals surface area contributed by atoms with Gasteiger partial charge in [0.15, 0.2) is 0 Å². The Labute approximate surface area is 140 Å². The molecule has 0 aromatic heterocycles. The number of nitrogens with one attached hydrogen (secondary N) is 1. The highest BCUT2D eigenvalue weighted by molar-refractivity contribution is 14.1. The molecule has 0 amide bonds. The van der Waals surface area contributed by atoms with Crippen molar-refractivity contribution in [3.05, 3.63) is 67.0 Å². The summed E-state index contributed by atoms with van der Waals surface area (Å²) in [5.41, 5.74) is 4.35. The van der Waals surface area contributed by atoms with Crippen LogP contribution in [0.4, 0.5) is 4.39 Å². The van der Waals surface area contributed by atoms with Gasteiger partial charge in [0, 0.05) is 3.57 Å². The van der Waals surface area contributed by atoms with Gasteiger partial charge in [0.2, 0.25) is 0 Å². The number of hydrazine groups is 1. The van der Waals surface area contributed by atoms with Gasteiger partial charge in [-0.1, -0.05) is 41.4 Å². The molecular weight excluding hydrogens is 413 g/mol. The quantitative estimate of drug-likeness (QED) is 0.431. The second kappa shape index (κ2) is 7.04. The fourth-order valence-corrected chi connectivity index (χ4v) is 2.66. The van der Waals surface area contributed by atoms with E-state index >= 15 is 0 Å². The van der Waals surface area contributed by atoms with Crippen molar-refractivity contribution in [2.24, 2.45) is 5.84 Å². The lowest BCUT2D eigenvalue weighted by molar-refractivity contribution is 0.548. The maximum Gasteiger partial charge on any atom is 0.142 e. The molecular formula is C14H12Cl2FIN2. The van der Waals surface area contributed by atoms with Crippen molar-refractivity contribution in [3.8, 4) is 0 Å². The molecule has 0 aliphatic heterocycles. The maximum atomic E-state index is 13.4. The zero-order valence-electron chi connectivity index (χ0n) is 10.3. The van der Waals surface area contributed by atoms with Gasteiger partial charge < -0.3 is 0 Å². The van der Waals surface area contributed by atoms with E-state index in [1.165, 1.54) is 6.07 Å². The van der Waals surface area contributed by atoms with Gasteiger partial charge in [-0.25, -0.2) is 4.39 Å². The van der Waals surface area contributed by atoms with Gasteiger partial charge in [-0.15, -0.1) is 0 Å². The van der Waals surface area contributed by atoms with Crippen LogP contribution in [0.15, 0.2) is 36.4 Å². The number of rotatable bonds is 4. The van der Waals surface area contributed by atoms with Crippen LogP contribution >= 0.6 is 45.8 Å². The Morgan fingerprint density at radius 2 is 2.00 bits per heavy atom. The van der Waals surface area contributed by atoms with Crippen LogP contribution in [0.25, 0.3) is 0 Å². The largest absolute Gasteiger partial charge is 0.271 e. The highest BCUT2D eigenvalue weighted by Crippen LogP contribution is 2.28. The van der Waals surface area contributed by atoms with Gasteiger partial charge >= 0.3 is 0 Å². The van der Waals surface area contributed by atoms with Crippen molar-refractivity contribution < 1.29 is 4.39 Å². The van der Waals surface area contributed by atoms with Crippen molar-refractivity contribution in [2.45, 2.75) is 12.5 Å². The molecule has 0 saturated heterocycles. The van der Waals surface area contributed by atoms with Gasteiger partial charge in [0.25, 0.3) is 0 Å². The second-order valence-electron chi connectivity index (χ2n) is 4.31. The van der Waals surface area contributed by atoms with Crippen molar-refractivity contribution >= 4 is 45.8 Å². The summed E-state index contributed by atoms with van der Waals surface area (Å²) in [6.07, 6.45) is 0.476. The summed E-state index contributed by atoms with van der Waals surface area (Å²) in [5.74, 6) is 5.17. The minimum absolute atomic E-state index is 0.129. The number of halogens is 4. The molecule has 6 heteroatoms. The van der Waals surface area contributed by atoms with Crippen LogP contribution in [0.2, 0.25) is 10.0 Å². The molecule has 2 rings (SSSR count). The predicted octanol–water partition coefficient (Wildman–Crippen LogP) is 4.48. The molecule has 2 nitrogen and oxygen atoms in total. The molecule has 1 unspecified atom stereocenters. The van der Waals surface area contributed by atoms with Crippen molar-refractivity contribution in [1.82, 2.24) is 5.43 Å². The minimum Gasteiger partial charge on any atom is -0.271 e. The summed E-state index contributed by atoms with van der Waals surface area (Å²) in [5, 5.41) is 0.790. The minimum atomic E-state index is -0.430. The summed E-state index contributed by atoms with van der Waals surface area (Å²) in [7, 11) is 0. The summed E-state index contributed by atoms with van der Waals surface area (Å²) in [6.45, 7) is 0. The molecule has 0 fully saturated rings. The van der Waals surface area contributed by atoms with Crippen LogP contribution in [0, 0.1) is 9.39 Å². The van der Waals surface area contributed by atoms with Gasteiger partial charge in [0.05, 0.1) is 16.1 Å². The zero-order valence-corrected chi connectivity index (χ0v) is 14.0. The number of nitrogens with two attached hydrogens (primary N) is 1. The Bertz CT molecular complexity index is 622. The third-order valence-electron chi connectivity index (χ3n) is 3.00. The second-order valence-corrected chi connectivity index (χ2v) is 6.26. The summed E-state index contributed by atoms with van der Waals surface area (Å²) in [6, 6.07) is 10.2. The first kappa shape index (κ1) is 16.0. The van der Waals surface area contributed by atoms with Crippen molar-refractivity contribution in [2.75, 3.05) is 0 Å². The molecule has 2 aromatic rings. The van der Waals surface area contributed by atoms with Gasteiger partial charge in [-0.3, -0.25) is 11.3 Å². The van der Waals surface area contributed by atoms with E-state index in [0.717, 1.165) is 9.13 Å². The van der Waals surface area contributed by atoms with Crippen LogP contribution in [0.1, 0.15) is 17.2 Å². The molecule has 0 heterocycles. The van der Waals surface area contributed by atoms with Crippen molar-refractivity contribution in [3.63, 3.8) is 0 Å². The monoisotopic (exact) mass is 424 g/mol. The van der Waals surface area contributed by atoms with E-state index < -0.39 is 5.82 Å². The number of hydrogen-bond acceptors (Lipinski definition) is 2. The van der Waals surface area contributed by atoms with Gasteiger partial charge in [0.1, 0.15) is 5.82 Å². The van der Waals surface area contributed by atoms with Crippen LogP contribution in [-0.2, 0) is 6.42 Å². The Hall–Kier alpha value is -0.400. The Balaban J connectivity index is 2.28. The summed E-state index contributed by atoms with van der Waals surface area (Å²) in [4.78, 5) is 0. The average Bonchev–Trinajstić information content (AvgIpc) is 2.44. The predicted molar refractivity (Wildman–Crippen MR) is 89.3 cm³/mol. The summed E-state index contributed by atoms with van der Waals surface area (Å²) >= 11 is 14.2. The molecule has 0 spiro atoms. The van der Waals surface area contributed by atoms with Crippen LogP contribution < -0.4 is 11.3 Å². The van der Waals surface area contributed by atoms with E-state index in [1.807, 2.05) is 18.2 Å². The molecule has 0 aliphatic carbocycles. The zero-order chi connectivity index (χ0) is 14.7. The lowest BCUT2D eigenvalue weighted by Gasteiger charge is -2.18. The third-order valence-corrected chi connectivity index (χ3v) is 5.00. The van der Waals surface area contributed by atoms with E-state index in [9.17, 15) is 4.39 Å². The Morgan fingerprint density at radius 1 is 1.25 bits per heavy atom. The molecule has 0 radical (unpaired) electrons. The molecule has 0 saturated carbocycles. The average molecular weight is 425 g/mol. The Morgan fingerprint density at radius 3 is 2.65 bits per heavy atom. The summed E-state index contributed by atoms with van der Waals surface area (Å²) < 4.78 is 14.4. The van der Waals surface area contributed by atoms with Crippen LogP contribution in [0.5, 0.6) is 0 Å². The highest BCUT2D eigenvalue weighted by atomic mass is 127. The van der Waals surface area contributed by atoms with Crippen LogP contribution in [0.3, 0.4) is 0 Å². The fraction of sp³-hybridized carbons (Fsp3) is 0.143. The van der Waals surface area contributed by atoms with E-state index in [4.69, 9.17) is 29.0 Å². The maximum absolute atomic E-state index is 13.4. The Kier molecular flexibility index (Phi) is 5.63. The van der Waals surface area contributed by atoms with Gasteiger partial charge in [-0.2, -0.15) is 0 Å². The first-order valence-corrected chi connectivity index (χ1v) is 7.70. The van der Waals surface area contributed by atoms with E-state index in [0.29, 0.717) is 17.0 Å².